The molecule has 0 aliphatic rings. The van der Waals surface area contributed by atoms with Crippen molar-refractivity contribution in [1.29, 1.82) is 0 Å². The van der Waals surface area contributed by atoms with Gasteiger partial charge in [0.25, 0.3) is 0 Å². The molecule has 0 spiro atoms. The predicted octanol–water partition coefficient (Wildman–Crippen LogP) is 5.34. The Kier molecular flexibility index (Phi) is 5.80. The summed E-state index contributed by atoms with van der Waals surface area (Å²) in [6.07, 6.45) is -7.17. The van der Waals surface area contributed by atoms with Crippen LogP contribution in [0.4, 0.5) is 39.5 Å². The highest BCUT2D eigenvalue weighted by Gasteiger charge is 2.86. The summed E-state index contributed by atoms with van der Waals surface area (Å²) in [6, 6.07) is 10.8. The van der Waals surface area contributed by atoms with Crippen LogP contribution < -0.4 is 0 Å². The van der Waals surface area contributed by atoms with E-state index in [0.717, 1.165) is 6.92 Å². The number of halogens is 9. The van der Waals surface area contributed by atoms with Crippen LogP contribution in [0.15, 0.2) is 47.6 Å². The predicted molar refractivity (Wildman–Crippen MR) is 87.1 cm³/mol. The molecule has 14 heteroatoms. The maximum atomic E-state index is 13.6. The zero-order valence-electron chi connectivity index (χ0n) is 14.5. The second-order valence-corrected chi connectivity index (χ2v) is 7.50. The number of fused-ring (bicyclic) bond motifs is 1. The van der Waals surface area contributed by atoms with Gasteiger partial charge in [-0.3, -0.25) is 4.28 Å². The second-order valence-electron chi connectivity index (χ2n) is 5.93. The van der Waals surface area contributed by atoms with Crippen molar-refractivity contribution in [3.05, 3.63) is 48.0 Å². The van der Waals surface area contributed by atoms with Gasteiger partial charge in [-0.1, -0.05) is 41.6 Å². The van der Waals surface area contributed by atoms with Gasteiger partial charge in [0.05, 0.1) is 5.71 Å². The van der Waals surface area contributed by atoms with E-state index in [4.69, 9.17) is 0 Å². The molecule has 0 N–H and O–H groups in total. The Morgan fingerprint density at radius 3 is 1.90 bits per heavy atom. The lowest BCUT2D eigenvalue weighted by Gasteiger charge is -2.31. The zero-order chi connectivity index (χ0) is 23.2. The van der Waals surface area contributed by atoms with Crippen molar-refractivity contribution in [2.24, 2.45) is 5.16 Å². The third-order valence-corrected chi connectivity index (χ3v) is 5.02. The first-order valence-electron chi connectivity index (χ1n) is 7.63. The monoisotopic (exact) mass is 467 g/mol. The molecule has 2 aromatic carbocycles. The molecule has 0 aliphatic heterocycles. The van der Waals surface area contributed by atoms with Crippen LogP contribution in [-0.2, 0) is 14.4 Å². The molecule has 0 aromatic heterocycles. The number of oxime groups is 1. The van der Waals surface area contributed by atoms with Crippen LogP contribution in [0.1, 0.15) is 12.5 Å². The van der Waals surface area contributed by atoms with Gasteiger partial charge in [-0.15, -0.1) is 0 Å². The van der Waals surface area contributed by atoms with Gasteiger partial charge in [-0.2, -0.15) is 47.9 Å². The normalized spacial score (nSPS) is 14.8. The summed E-state index contributed by atoms with van der Waals surface area (Å²) in [5, 5.41) is -2.99. The smallest absolute Gasteiger partial charge is 0.264 e. The average molecular weight is 467 g/mol. The summed E-state index contributed by atoms with van der Waals surface area (Å²) < 4.78 is 142. The van der Waals surface area contributed by atoms with E-state index in [1.165, 1.54) is 18.2 Å². The molecular formula is C16H10F9NO3S. The number of alkyl halides is 9. The summed E-state index contributed by atoms with van der Waals surface area (Å²) in [4.78, 5) is 0. The van der Waals surface area contributed by atoms with Gasteiger partial charge >= 0.3 is 33.4 Å². The van der Waals surface area contributed by atoms with Crippen molar-refractivity contribution in [1.82, 2.24) is 0 Å². The van der Waals surface area contributed by atoms with E-state index in [1.54, 1.807) is 24.3 Å². The lowest BCUT2D eigenvalue weighted by molar-refractivity contribution is -0.382. The molecule has 166 valence electrons. The van der Waals surface area contributed by atoms with Gasteiger partial charge in [0, 0.05) is 0 Å². The number of hydrogen-bond donors (Lipinski definition) is 0. The highest BCUT2D eigenvalue weighted by Crippen LogP contribution is 2.54. The Labute approximate surface area is 163 Å². The molecule has 30 heavy (non-hydrogen) atoms. The van der Waals surface area contributed by atoms with Crippen molar-refractivity contribution in [2.75, 3.05) is 0 Å². The lowest BCUT2D eigenvalue weighted by atomic mass is 10.0. The Morgan fingerprint density at radius 1 is 0.833 bits per heavy atom. The molecule has 0 atom stereocenters. The summed E-state index contributed by atoms with van der Waals surface area (Å²) in [6.45, 7) is 1.00. The molecule has 0 bridgehead atoms. The van der Waals surface area contributed by atoms with Crippen molar-refractivity contribution < 1.29 is 52.2 Å². The minimum Gasteiger partial charge on any atom is -0.264 e. The largest absolute Gasteiger partial charge is 0.460 e. The molecule has 0 heterocycles. The highest BCUT2D eigenvalue weighted by atomic mass is 32.2. The van der Waals surface area contributed by atoms with Crippen molar-refractivity contribution in [3.63, 3.8) is 0 Å². The second kappa shape index (κ2) is 7.32. The molecule has 0 radical (unpaired) electrons. The Morgan fingerprint density at radius 2 is 1.37 bits per heavy atom. The highest BCUT2D eigenvalue weighted by molar-refractivity contribution is 7.87. The first-order chi connectivity index (χ1) is 13.5. The van der Waals surface area contributed by atoms with E-state index < -0.39 is 39.1 Å². The van der Waals surface area contributed by atoms with Crippen LogP contribution in [-0.4, -0.2) is 37.4 Å². The molecular weight excluding hydrogens is 457 g/mol. The first-order valence-corrected chi connectivity index (χ1v) is 9.03. The maximum absolute atomic E-state index is 13.6. The topological polar surface area (TPSA) is 55.7 Å². The van der Waals surface area contributed by atoms with Gasteiger partial charge in [0.1, 0.15) is 0 Å². The third kappa shape index (κ3) is 3.79. The SMILES string of the molecule is C/C(=N\OS(=O)(=O)C(F)(F)C(F)(F)C(F)(F)C(F)(F)F)c1ccc2ccccc2c1. The van der Waals surface area contributed by atoms with Crippen LogP contribution >= 0.6 is 0 Å². The van der Waals surface area contributed by atoms with Gasteiger partial charge in [-0.05, 0) is 29.3 Å². The Balaban J connectivity index is 2.37. The molecule has 0 saturated carbocycles. The molecule has 2 rings (SSSR count). The number of nitrogens with zero attached hydrogens (tertiary/aromatic N) is 1. The van der Waals surface area contributed by atoms with E-state index in [-0.39, 0.29) is 5.56 Å². The van der Waals surface area contributed by atoms with Crippen LogP contribution in [0.25, 0.3) is 10.8 Å². The summed E-state index contributed by atoms with van der Waals surface area (Å²) >= 11 is 0. The molecule has 0 fully saturated rings. The van der Waals surface area contributed by atoms with E-state index in [2.05, 4.69) is 9.44 Å². The van der Waals surface area contributed by atoms with Crippen LogP contribution in [0.5, 0.6) is 0 Å². The van der Waals surface area contributed by atoms with E-state index in [9.17, 15) is 47.9 Å². The Hall–Kier alpha value is -2.51. The Bertz CT molecular complexity index is 1080. The van der Waals surface area contributed by atoms with Crippen LogP contribution in [0, 0.1) is 0 Å². The first kappa shape index (κ1) is 23.8. The molecule has 0 unspecified atom stereocenters. The molecule has 0 saturated heterocycles. The number of hydrogen-bond acceptors (Lipinski definition) is 4. The number of benzene rings is 2. The van der Waals surface area contributed by atoms with Crippen LogP contribution in [0.2, 0.25) is 0 Å². The fourth-order valence-corrected chi connectivity index (χ4v) is 2.88. The zero-order valence-corrected chi connectivity index (χ0v) is 15.3. The fourth-order valence-electron chi connectivity index (χ4n) is 2.14. The number of rotatable bonds is 6. The fraction of sp³-hybridized carbons (Fsp3) is 0.312. The van der Waals surface area contributed by atoms with E-state index >= 15 is 0 Å². The summed E-state index contributed by atoms with van der Waals surface area (Å²) in [5.41, 5.74) is -0.398. The van der Waals surface area contributed by atoms with Crippen molar-refractivity contribution >= 4 is 26.6 Å². The average Bonchev–Trinajstić information content (AvgIpc) is 2.64. The van der Waals surface area contributed by atoms with Gasteiger partial charge in [-0.25, -0.2) is 0 Å². The van der Waals surface area contributed by atoms with Gasteiger partial charge in [0.15, 0.2) is 0 Å². The summed E-state index contributed by atoms with van der Waals surface area (Å²) in [5.74, 6) is -14.8. The summed E-state index contributed by atoms with van der Waals surface area (Å²) in [7, 11) is -7.06. The maximum Gasteiger partial charge on any atom is 0.460 e. The third-order valence-electron chi connectivity index (χ3n) is 3.87. The quantitative estimate of drug-likeness (QED) is 0.328. The molecule has 4 nitrogen and oxygen atoms in total. The molecule has 0 amide bonds. The molecule has 2 aromatic rings. The standard InChI is InChI=1S/C16H10F9NO3S/c1-9(11-7-6-10-4-2-3-5-12(10)8-11)26-29-30(27,28)16(24,25)14(19,20)13(17,18)15(21,22)23/h2-8H,1H3/b26-9+. The minimum atomic E-state index is -7.39. The van der Waals surface area contributed by atoms with Crippen LogP contribution in [0.3, 0.4) is 0 Å². The van der Waals surface area contributed by atoms with E-state index in [0.29, 0.717) is 10.8 Å². The van der Waals surface area contributed by atoms with Gasteiger partial charge < -0.3 is 0 Å². The van der Waals surface area contributed by atoms with Gasteiger partial charge in [0.2, 0.25) is 0 Å². The lowest BCUT2D eigenvalue weighted by Crippen LogP contribution is -2.63. The van der Waals surface area contributed by atoms with E-state index in [1.807, 2.05) is 0 Å². The van der Waals surface area contributed by atoms with Crippen molar-refractivity contribution in [3.8, 4) is 0 Å². The van der Waals surface area contributed by atoms with Crippen molar-refractivity contribution in [2.45, 2.75) is 30.2 Å². The minimum absolute atomic E-state index is 0.0691. The molecule has 0 aliphatic carbocycles.